The van der Waals surface area contributed by atoms with Crippen LogP contribution in [-0.2, 0) is 0 Å². The lowest BCUT2D eigenvalue weighted by Crippen LogP contribution is -2.00. The van der Waals surface area contributed by atoms with E-state index in [0.29, 0.717) is 34.5 Å². The molecule has 0 fully saturated rings. The van der Waals surface area contributed by atoms with Gasteiger partial charge in [-0.25, -0.2) is 0 Å². The van der Waals surface area contributed by atoms with Crippen molar-refractivity contribution in [2.45, 2.75) is 0 Å². The van der Waals surface area contributed by atoms with Gasteiger partial charge in [0.2, 0.25) is 0 Å². The van der Waals surface area contributed by atoms with E-state index in [1.54, 1.807) is 42.7 Å². The van der Waals surface area contributed by atoms with Gasteiger partial charge in [0.15, 0.2) is 0 Å². The molecule has 0 aliphatic rings. The Morgan fingerprint density at radius 3 is 0.783 bits per heavy atom. The van der Waals surface area contributed by atoms with Crippen molar-refractivity contribution in [3.8, 4) is 56.8 Å². The van der Waals surface area contributed by atoms with Crippen molar-refractivity contribution in [1.82, 2.24) is 0 Å². The minimum absolute atomic E-state index is 0.645. The van der Waals surface area contributed by atoms with E-state index in [0.717, 1.165) is 65.3 Å². The second-order valence-corrected chi connectivity index (χ2v) is 11.1. The summed E-state index contributed by atoms with van der Waals surface area (Å²) in [4.78, 5) is 0. The molecule has 7 aromatic carbocycles. The maximum atomic E-state index is 6.06. The molecule has 0 amide bonds. The van der Waals surface area contributed by atoms with Crippen molar-refractivity contribution >= 4 is 43.1 Å². The predicted molar refractivity (Wildman–Crippen MR) is 187 cm³/mol. The zero-order valence-electron chi connectivity index (χ0n) is 26.7. The van der Waals surface area contributed by atoms with E-state index < -0.39 is 0 Å². The van der Waals surface area contributed by atoms with E-state index in [9.17, 15) is 0 Å². The first-order valence-corrected chi connectivity index (χ1v) is 14.9. The first-order chi connectivity index (χ1) is 22.5. The fourth-order valence-corrected chi connectivity index (χ4v) is 6.64. The molecular weight excluding hydrogens is 576 g/mol. The summed E-state index contributed by atoms with van der Waals surface area (Å²) in [5.74, 6) is 3.87. The monoisotopic (exact) mass is 610 g/mol. The quantitative estimate of drug-likeness (QED) is 0.160. The molecule has 0 saturated heterocycles. The largest absolute Gasteiger partial charge is 0.496 e. The summed E-state index contributed by atoms with van der Waals surface area (Å²) in [6, 6.07) is 33.4. The zero-order chi connectivity index (χ0) is 31.9. The summed E-state index contributed by atoms with van der Waals surface area (Å²) in [6.45, 7) is 0. The number of benzene rings is 7. The molecule has 0 bridgehead atoms. The van der Waals surface area contributed by atoms with Crippen LogP contribution < -0.4 is 28.4 Å². The van der Waals surface area contributed by atoms with Crippen molar-refractivity contribution in [2.75, 3.05) is 42.7 Å². The Bertz CT molecular complexity index is 1980. The van der Waals surface area contributed by atoms with Crippen molar-refractivity contribution in [3.63, 3.8) is 0 Å². The molecule has 0 N–H and O–H groups in total. The number of fused-ring (bicyclic) bond motifs is 4. The Morgan fingerprint density at radius 2 is 0.565 bits per heavy atom. The Morgan fingerprint density at radius 1 is 0.304 bits per heavy atom. The Hall–Kier alpha value is -5.62. The first-order valence-electron chi connectivity index (χ1n) is 14.9. The van der Waals surface area contributed by atoms with E-state index in [1.807, 2.05) is 24.3 Å². The normalized spacial score (nSPS) is 11.3. The minimum Gasteiger partial charge on any atom is -0.496 e. The molecule has 230 valence electrons. The maximum absolute atomic E-state index is 6.06. The summed E-state index contributed by atoms with van der Waals surface area (Å²) in [5.41, 5.74) is 3.67. The third-order valence-corrected chi connectivity index (χ3v) is 8.78. The van der Waals surface area contributed by atoms with Gasteiger partial charge in [-0.2, -0.15) is 0 Å². The van der Waals surface area contributed by atoms with Gasteiger partial charge in [-0.1, -0.05) is 48.5 Å². The molecule has 0 spiro atoms. The van der Waals surface area contributed by atoms with E-state index in [1.165, 1.54) is 0 Å². The summed E-state index contributed by atoms with van der Waals surface area (Å²) in [5, 5.41) is 8.56. The standard InChI is InChI=1S/C40H34O6/c1-41-27-19-33(43-3)39(34(20-27)44-4)37-29-15-23-11-7-9-13-25(23)17-31(29)38(32-18-26-14-10-8-12-24(26)16-30(32)37)40-35(45-5)21-28(42-2)22-36(40)46-6/h7-22H,1-6H3. The van der Waals surface area contributed by atoms with Crippen LogP contribution in [0.2, 0.25) is 0 Å². The Labute approximate surface area is 267 Å². The fourth-order valence-electron chi connectivity index (χ4n) is 6.64. The average Bonchev–Trinajstić information content (AvgIpc) is 3.11. The van der Waals surface area contributed by atoms with E-state index in [4.69, 9.17) is 28.4 Å². The molecule has 6 nitrogen and oxygen atoms in total. The van der Waals surface area contributed by atoms with Crippen molar-refractivity contribution < 1.29 is 28.4 Å². The molecule has 0 saturated carbocycles. The van der Waals surface area contributed by atoms with Crippen LogP contribution in [0.25, 0.3) is 65.3 Å². The highest BCUT2D eigenvalue weighted by Gasteiger charge is 2.27. The lowest BCUT2D eigenvalue weighted by molar-refractivity contribution is 0.377. The zero-order valence-corrected chi connectivity index (χ0v) is 26.7. The number of hydrogen-bond acceptors (Lipinski definition) is 6. The molecule has 0 atom stereocenters. The van der Waals surface area contributed by atoms with Crippen LogP contribution >= 0.6 is 0 Å². The summed E-state index contributed by atoms with van der Waals surface area (Å²) in [6.07, 6.45) is 0. The lowest BCUT2D eigenvalue weighted by atomic mass is 9.83. The SMILES string of the molecule is COc1cc(OC)c(-c2c3cc4ccccc4cc3c(-c3c(OC)cc(OC)cc3OC)c3cc4ccccc4cc23)c(OC)c1. The second kappa shape index (κ2) is 11.7. The van der Waals surface area contributed by atoms with Gasteiger partial charge in [-0.15, -0.1) is 0 Å². The topological polar surface area (TPSA) is 55.4 Å². The molecule has 0 aliphatic heterocycles. The maximum Gasteiger partial charge on any atom is 0.134 e. The van der Waals surface area contributed by atoms with Gasteiger partial charge in [0.25, 0.3) is 0 Å². The van der Waals surface area contributed by atoms with E-state index in [2.05, 4.69) is 72.8 Å². The van der Waals surface area contributed by atoms with Gasteiger partial charge in [0, 0.05) is 35.4 Å². The number of methoxy groups -OCH3 is 6. The second-order valence-electron chi connectivity index (χ2n) is 11.1. The van der Waals surface area contributed by atoms with Crippen LogP contribution in [0.1, 0.15) is 0 Å². The molecule has 0 unspecified atom stereocenters. The highest BCUT2D eigenvalue weighted by Crippen LogP contribution is 2.54. The van der Waals surface area contributed by atoms with E-state index in [-0.39, 0.29) is 0 Å². The Kier molecular flexibility index (Phi) is 7.41. The van der Waals surface area contributed by atoms with Crippen LogP contribution in [-0.4, -0.2) is 42.7 Å². The molecule has 7 aromatic rings. The van der Waals surface area contributed by atoms with Crippen LogP contribution in [0.4, 0.5) is 0 Å². The van der Waals surface area contributed by atoms with Gasteiger partial charge in [-0.05, 0) is 67.4 Å². The van der Waals surface area contributed by atoms with Crippen molar-refractivity contribution in [1.29, 1.82) is 0 Å². The van der Waals surface area contributed by atoms with Crippen molar-refractivity contribution in [3.05, 3.63) is 97.1 Å². The van der Waals surface area contributed by atoms with Crippen LogP contribution in [0.15, 0.2) is 97.1 Å². The van der Waals surface area contributed by atoms with Crippen LogP contribution in [0.5, 0.6) is 34.5 Å². The Balaban J connectivity index is 1.80. The molecular formula is C40H34O6. The number of rotatable bonds is 8. The highest BCUT2D eigenvalue weighted by atomic mass is 16.5. The fraction of sp³-hybridized carbons (Fsp3) is 0.150. The molecule has 0 aliphatic carbocycles. The van der Waals surface area contributed by atoms with Crippen molar-refractivity contribution in [2.24, 2.45) is 0 Å². The first kappa shape index (κ1) is 29.1. The van der Waals surface area contributed by atoms with Gasteiger partial charge in [0.05, 0.1) is 53.8 Å². The van der Waals surface area contributed by atoms with Gasteiger partial charge in [0.1, 0.15) is 34.5 Å². The molecule has 0 aromatic heterocycles. The van der Waals surface area contributed by atoms with Gasteiger partial charge >= 0.3 is 0 Å². The molecule has 0 heterocycles. The molecule has 6 heteroatoms. The summed E-state index contributed by atoms with van der Waals surface area (Å²) < 4.78 is 35.5. The average molecular weight is 611 g/mol. The summed E-state index contributed by atoms with van der Waals surface area (Å²) in [7, 11) is 9.98. The van der Waals surface area contributed by atoms with Gasteiger partial charge < -0.3 is 28.4 Å². The third-order valence-electron chi connectivity index (χ3n) is 8.78. The lowest BCUT2D eigenvalue weighted by Gasteiger charge is -2.24. The van der Waals surface area contributed by atoms with E-state index >= 15 is 0 Å². The molecule has 7 rings (SSSR count). The smallest absolute Gasteiger partial charge is 0.134 e. The number of hydrogen-bond donors (Lipinski definition) is 0. The highest BCUT2D eigenvalue weighted by molar-refractivity contribution is 6.27. The van der Waals surface area contributed by atoms with Gasteiger partial charge in [-0.3, -0.25) is 0 Å². The van der Waals surface area contributed by atoms with Crippen LogP contribution in [0, 0.1) is 0 Å². The molecule has 0 radical (unpaired) electrons. The minimum atomic E-state index is 0.645. The molecule has 46 heavy (non-hydrogen) atoms. The summed E-state index contributed by atoms with van der Waals surface area (Å²) >= 11 is 0. The number of ether oxygens (including phenoxy) is 6. The third kappa shape index (κ3) is 4.57. The predicted octanol–water partition coefficient (Wildman–Crippen LogP) is 9.68. The van der Waals surface area contributed by atoms with Crippen LogP contribution in [0.3, 0.4) is 0 Å².